The predicted octanol–water partition coefficient (Wildman–Crippen LogP) is 3.97. The van der Waals surface area contributed by atoms with Gasteiger partial charge < -0.3 is 4.57 Å². The zero-order chi connectivity index (χ0) is 13.7. The molecule has 1 aromatic heterocycles. The summed E-state index contributed by atoms with van der Waals surface area (Å²) in [4.78, 5) is 0. The van der Waals surface area contributed by atoms with Gasteiger partial charge in [-0.2, -0.15) is 0 Å². The molecule has 2 rings (SSSR count). The molecule has 3 nitrogen and oxygen atoms in total. The van der Waals surface area contributed by atoms with Crippen molar-refractivity contribution in [3.63, 3.8) is 0 Å². The molecule has 0 aliphatic heterocycles. The van der Waals surface area contributed by atoms with Gasteiger partial charge in [-0.1, -0.05) is 44.2 Å². The van der Waals surface area contributed by atoms with E-state index in [-0.39, 0.29) is 5.92 Å². The maximum Gasteiger partial charge on any atom is 0.147 e. The minimum atomic E-state index is 0.289. The van der Waals surface area contributed by atoms with Crippen LogP contribution in [-0.4, -0.2) is 14.8 Å². The van der Waals surface area contributed by atoms with Gasteiger partial charge in [-0.05, 0) is 18.4 Å². The van der Waals surface area contributed by atoms with E-state index in [0.717, 1.165) is 31.0 Å². The van der Waals surface area contributed by atoms with Gasteiger partial charge in [-0.3, -0.25) is 0 Å². The van der Waals surface area contributed by atoms with Crippen molar-refractivity contribution in [1.29, 1.82) is 0 Å². The molecule has 19 heavy (non-hydrogen) atoms. The summed E-state index contributed by atoms with van der Waals surface area (Å²) in [5, 5.41) is 8.61. The molecular formula is C15H20ClN3. The normalized spacial score (nSPS) is 12.6. The second-order valence-electron chi connectivity index (χ2n) is 4.63. The first-order chi connectivity index (χ1) is 9.31. The molecule has 4 heteroatoms. The molecule has 0 aliphatic rings. The summed E-state index contributed by atoms with van der Waals surface area (Å²) in [5.41, 5.74) is 1.29. The molecule has 1 heterocycles. The number of benzene rings is 1. The zero-order valence-corrected chi connectivity index (χ0v) is 12.3. The summed E-state index contributed by atoms with van der Waals surface area (Å²) in [7, 11) is 0. The van der Waals surface area contributed by atoms with Gasteiger partial charge in [0.25, 0.3) is 0 Å². The minimum Gasteiger partial charge on any atom is -0.313 e. The van der Waals surface area contributed by atoms with Gasteiger partial charge in [0.15, 0.2) is 0 Å². The van der Waals surface area contributed by atoms with Crippen LogP contribution in [0.3, 0.4) is 0 Å². The zero-order valence-electron chi connectivity index (χ0n) is 11.5. The highest BCUT2D eigenvalue weighted by molar-refractivity contribution is 6.16. The summed E-state index contributed by atoms with van der Waals surface area (Å²) in [6, 6.07) is 10.5. The number of rotatable bonds is 6. The van der Waals surface area contributed by atoms with E-state index in [1.54, 1.807) is 0 Å². The fourth-order valence-electron chi connectivity index (χ4n) is 2.43. The minimum absolute atomic E-state index is 0.289. The first-order valence-corrected chi connectivity index (χ1v) is 7.38. The summed E-state index contributed by atoms with van der Waals surface area (Å²) >= 11 is 5.95. The lowest BCUT2D eigenvalue weighted by atomic mass is 9.95. The van der Waals surface area contributed by atoms with E-state index in [2.05, 4.69) is 52.9 Å². The Kier molecular flexibility index (Phi) is 4.97. The van der Waals surface area contributed by atoms with Gasteiger partial charge in [0.05, 0.1) is 5.88 Å². The highest BCUT2D eigenvalue weighted by atomic mass is 35.5. The lowest BCUT2D eigenvalue weighted by Gasteiger charge is -2.16. The quantitative estimate of drug-likeness (QED) is 0.748. The molecular weight excluding hydrogens is 258 g/mol. The standard InChI is InChI=1S/C15H20ClN3/c1-3-10-19-14(11-16)17-18-15(19)13(4-2)12-8-6-5-7-9-12/h5-9,13H,3-4,10-11H2,1-2H3. The molecule has 0 spiro atoms. The average molecular weight is 278 g/mol. The van der Waals surface area contributed by atoms with Crippen molar-refractivity contribution in [2.45, 2.75) is 45.0 Å². The maximum absolute atomic E-state index is 5.95. The smallest absolute Gasteiger partial charge is 0.147 e. The Balaban J connectivity index is 2.41. The first-order valence-electron chi connectivity index (χ1n) is 6.84. The lowest BCUT2D eigenvalue weighted by molar-refractivity contribution is 0.585. The Morgan fingerprint density at radius 2 is 1.89 bits per heavy atom. The number of alkyl halides is 1. The molecule has 2 aromatic rings. The van der Waals surface area contributed by atoms with Crippen LogP contribution in [0.1, 0.15) is 49.8 Å². The van der Waals surface area contributed by atoms with Crippen molar-refractivity contribution in [3.05, 3.63) is 47.5 Å². The third-order valence-corrected chi connectivity index (χ3v) is 3.58. The third kappa shape index (κ3) is 2.98. The van der Waals surface area contributed by atoms with Crippen molar-refractivity contribution >= 4 is 11.6 Å². The van der Waals surface area contributed by atoms with Crippen LogP contribution in [0.4, 0.5) is 0 Å². The van der Waals surface area contributed by atoms with Gasteiger partial charge in [0.1, 0.15) is 11.6 Å². The number of hydrogen-bond donors (Lipinski definition) is 0. The van der Waals surface area contributed by atoms with E-state index < -0.39 is 0 Å². The Morgan fingerprint density at radius 1 is 1.16 bits per heavy atom. The van der Waals surface area contributed by atoms with Crippen molar-refractivity contribution in [2.24, 2.45) is 0 Å². The second kappa shape index (κ2) is 6.71. The molecule has 0 saturated heterocycles. The van der Waals surface area contributed by atoms with Gasteiger partial charge in [0.2, 0.25) is 0 Å². The fraction of sp³-hybridized carbons (Fsp3) is 0.467. The van der Waals surface area contributed by atoms with Crippen molar-refractivity contribution in [1.82, 2.24) is 14.8 Å². The number of aromatic nitrogens is 3. The summed E-state index contributed by atoms with van der Waals surface area (Å²) in [5.74, 6) is 2.61. The lowest BCUT2D eigenvalue weighted by Crippen LogP contribution is -2.12. The van der Waals surface area contributed by atoms with Crippen molar-refractivity contribution < 1.29 is 0 Å². The monoisotopic (exact) mass is 277 g/mol. The topological polar surface area (TPSA) is 30.7 Å². The molecule has 1 aromatic carbocycles. The van der Waals surface area contributed by atoms with E-state index in [0.29, 0.717) is 5.88 Å². The Labute approximate surface area is 119 Å². The van der Waals surface area contributed by atoms with Crippen molar-refractivity contribution in [2.75, 3.05) is 0 Å². The van der Waals surface area contributed by atoms with Crippen LogP contribution in [0.5, 0.6) is 0 Å². The van der Waals surface area contributed by atoms with E-state index in [4.69, 9.17) is 11.6 Å². The highest BCUT2D eigenvalue weighted by Crippen LogP contribution is 2.27. The molecule has 0 N–H and O–H groups in total. The predicted molar refractivity (Wildman–Crippen MR) is 78.4 cm³/mol. The fourth-order valence-corrected chi connectivity index (χ4v) is 2.62. The Bertz CT molecular complexity index is 507. The van der Waals surface area contributed by atoms with Gasteiger partial charge >= 0.3 is 0 Å². The molecule has 102 valence electrons. The van der Waals surface area contributed by atoms with Crippen LogP contribution in [0.2, 0.25) is 0 Å². The first kappa shape index (κ1) is 14.1. The molecule has 0 fully saturated rings. The Hall–Kier alpha value is -1.35. The number of nitrogens with zero attached hydrogens (tertiary/aromatic N) is 3. The third-order valence-electron chi connectivity index (χ3n) is 3.34. The maximum atomic E-state index is 5.95. The molecule has 0 bridgehead atoms. The molecule has 0 aliphatic carbocycles. The summed E-state index contributed by atoms with van der Waals surface area (Å²) in [6.45, 7) is 5.27. The average Bonchev–Trinajstić information content (AvgIpc) is 2.85. The van der Waals surface area contributed by atoms with E-state index in [1.807, 2.05) is 6.07 Å². The molecule has 0 radical (unpaired) electrons. The highest BCUT2D eigenvalue weighted by Gasteiger charge is 2.20. The van der Waals surface area contributed by atoms with E-state index in [9.17, 15) is 0 Å². The molecule has 0 saturated carbocycles. The van der Waals surface area contributed by atoms with Crippen LogP contribution in [0, 0.1) is 0 Å². The molecule has 1 atom stereocenters. The van der Waals surface area contributed by atoms with E-state index in [1.165, 1.54) is 5.56 Å². The van der Waals surface area contributed by atoms with Crippen LogP contribution in [0.15, 0.2) is 30.3 Å². The molecule has 1 unspecified atom stereocenters. The second-order valence-corrected chi connectivity index (χ2v) is 4.90. The van der Waals surface area contributed by atoms with Gasteiger partial charge in [0, 0.05) is 12.5 Å². The van der Waals surface area contributed by atoms with Crippen LogP contribution in [-0.2, 0) is 12.4 Å². The van der Waals surface area contributed by atoms with Gasteiger partial charge in [-0.15, -0.1) is 21.8 Å². The van der Waals surface area contributed by atoms with Crippen LogP contribution >= 0.6 is 11.6 Å². The SMILES string of the molecule is CCCn1c(CCl)nnc1C(CC)c1ccccc1. The van der Waals surface area contributed by atoms with E-state index >= 15 is 0 Å². The largest absolute Gasteiger partial charge is 0.313 e. The number of halogens is 1. The number of hydrogen-bond acceptors (Lipinski definition) is 2. The van der Waals surface area contributed by atoms with Crippen molar-refractivity contribution in [3.8, 4) is 0 Å². The molecule has 0 amide bonds. The van der Waals surface area contributed by atoms with Crippen LogP contribution < -0.4 is 0 Å². The van der Waals surface area contributed by atoms with Gasteiger partial charge in [-0.25, -0.2) is 0 Å². The summed E-state index contributed by atoms with van der Waals surface area (Å²) in [6.07, 6.45) is 2.06. The summed E-state index contributed by atoms with van der Waals surface area (Å²) < 4.78 is 2.17. The Morgan fingerprint density at radius 3 is 2.47 bits per heavy atom. The van der Waals surface area contributed by atoms with Crippen LogP contribution in [0.25, 0.3) is 0 Å².